The summed E-state index contributed by atoms with van der Waals surface area (Å²) in [4.78, 5) is 0. The molecule has 0 aromatic heterocycles. The average Bonchev–Trinajstić information content (AvgIpc) is 3.09. The van der Waals surface area contributed by atoms with E-state index in [0.717, 1.165) is 36.3 Å². The van der Waals surface area contributed by atoms with Gasteiger partial charge in [0.2, 0.25) is 0 Å². The molecule has 3 aliphatic carbocycles. The van der Waals surface area contributed by atoms with Crippen molar-refractivity contribution >= 4 is 0 Å². The lowest BCUT2D eigenvalue weighted by Crippen LogP contribution is -2.41. The van der Waals surface area contributed by atoms with Gasteiger partial charge in [0.05, 0.1) is 12.2 Å². The van der Waals surface area contributed by atoms with Crippen LogP contribution >= 0.6 is 0 Å². The number of rotatable bonds is 7. The van der Waals surface area contributed by atoms with Crippen LogP contribution < -0.4 is 0 Å². The molecule has 6 atom stereocenters. The van der Waals surface area contributed by atoms with Crippen molar-refractivity contribution in [2.45, 2.75) is 97.2 Å². The van der Waals surface area contributed by atoms with Crippen LogP contribution in [0.25, 0.3) is 0 Å². The molecule has 0 bridgehead atoms. The minimum atomic E-state index is -0.635. The molecule has 30 heavy (non-hydrogen) atoms. The number of hydrogen-bond donors (Lipinski definition) is 3. The van der Waals surface area contributed by atoms with Gasteiger partial charge in [-0.2, -0.15) is 0 Å². The molecule has 3 N–H and O–H groups in total. The van der Waals surface area contributed by atoms with E-state index >= 15 is 0 Å². The zero-order valence-corrected chi connectivity index (χ0v) is 19.4. The van der Waals surface area contributed by atoms with Crippen molar-refractivity contribution in [2.24, 2.45) is 29.1 Å². The third-order valence-corrected chi connectivity index (χ3v) is 8.44. The van der Waals surface area contributed by atoms with E-state index < -0.39 is 12.2 Å². The molecule has 0 spiro atoms. The summed E-state index contributed by atoms with van der Waals surface area (Å²) >= 11 is 0. The summed E-state index contributed by atoms with van der Waals surface area (Å²) in [5, 5.41) is 30.8. The molecule has 3 nitrogen and oxygen atoms in total. The van der Waals surface area contributed by atoms with Crippen molar-refractivity contribution in [3.05, 3.63) is 35.5 Å². The number of fused-ring (bicyclic) bond motifs is 1. The first kappa shape index (κ1) is 23.8. The summed E-state index contributed by atoms with van der Waals surface area (Å²) in [6.07, 6.45) is 13.8. The van der Waals surface area contributed by atoms with Crippen LogP contribution in [0.15, 0.2) is 35.5 Å². The molecule has 0 aromatic carbocycles. The third-order valence-electron chi connectivity index (χ3n) is 8.44. The van der Waals surface area contributed by atoms with Crippen LogP contribution in [0.5, 0.6) is 0 Å². The number of aliphatic hydroxyl groups excluding tert-OH is 3. The Bertz CT molecular complexity index is 661. The Morgan fingerprint density at radius 3 is 2.60 bits per heavy atom. The molecule has 0 saturated heterocycles. The highest BCUT2D eigenvalue weighted by molar-refractivity contribution is 5.38. The molecule has 0 unspecified atom stereocenters. The molecule has 0 radical (unpaired) electrons. The van der Waals surface area contributed by atoms with Gasteiger partial charge in [-0.05, 0) is 73.3 Å². The quantitative estimate of drug-likeness (QED) is 0.509. The van der Waals surface area contributed by atoms with Crippen LogP contribution in [0.1, 0.15) is 85.0 Å². The Morgan fingerprint density at radius 2 is 1.90 bits per heavy atom. The fourth-order valence-electron chi connectivity index (χ4n) is 6.76. The highest BCUT2D eigenvalue weighted by atomic mass is 16.3. The Hall–Kier alpha value is -0.900. The smallest absolute Gasteiger partial charge is 0.0811 e. The fraction of sp³-hybridized carbons (Fsp3) is 0.778. The molecule has 0 aromatic rings. The topological polar surface area (TPSA) is 60.7 Å². The Morgan fingerprint density at radius 1 is 1.13 bits per heavy atom. The molecular weight excluding hydrogens is 372 g/mol. The third kappa shape index (κ3) is 4.95. The summed E-state index contributed by atoms with van der Waals surface area (Å²) in [6.45, 7) is 11.4. The monoisotopic (exact) mass is 416 g/mol. The van der Waals surface area contributed by atoms with Crippen LogP contribution in [0.2, 0.25) is 0 Å². The molecule has 3 aliphatic rings. The van der Waals surface area contributed by atoms with E-state index in [0.29, 0.717) is 37.2 Å². The van der Waals surface area contributed by atoms with E-state index in [-0.39, 0.29) is 5.41 Å². The van der Waals surface area contributed by atoms with Gasteiger partial charge in [0.1, 0.15) is 0 Å². The van der Waals surface area contributed by atoms with Gasteiger partial charge in [-0.1, -0.05) is 64.3 Å². The first-order valence-corrected chi connectivity index (χ1v) is 12.3. The highest BCUT2D eigenvalue weighted by Crippen LogP contribution is 2.60. The lowest BCUT2D eigenvalue weighted by Gasteiger charge is -2.46. The zero-order valence-electron chi connectivity index (χ0n) is 19.4. The maximum Gasteiger partial charge on any atom is 0.0811 e. The molecule has 3 heteroatoms. The van der Waals surface area contributed by atoms with Crippen LogP contribution in [0.3, 0.4) is 0 Å². The van der Waals surface area contributed by atoms with Gasteiger partial charge in [-0.25, -0.2) is 0 Å². The summed E-state index contributed by atoms with van der Waals surface area (Å²) in [7, 11) is 0. The van der Waals surface area contributed by atoms with E-state index in [2.05, 4.69) is 39.5 Å². The first-order chi connectivity index (χ1) is 14.3. The average molecular weight is 417 g/mol. The van der Waals surface area contributed by atoms with Gasteiger partial charge >= 0.3 is 0 Å². The van der Waals surface area contributed by atoms with Crippen molar-refractivity contribution in [3.8, 4) is 0 Å². The van der Waals surface area contributed by atoms with Gasteiger partial charge in [-0.15, -0.1) is 0 Å². The normalized spacial score (nSPS) is 38.4. The first-order valence-electron chi connectivity index (χ1n) is 12.3. The van der Waals surface area contributed by atoms with Crippen molar-refractivity contribution in [1.82, 2.24) is 0 Å². The van der Waals surface area contributed by atoms with Crippen molar-refractivity contribution in [1.29, 1.82) is 0 Å². The van der Waals surface area contributed by atoms with Gasteiger partial charge in [-0.3, -0.25) is 0 Å². The maximum absolute atomic E-state index is 10.6. The second-order valence-corrected chi connectivity index (χ2v) is 10.9. The second kappa shape index (κ2) is 10.1. The molecular formula is C27H44O3. The molecule has 0 aliphatic heterocycles. The molecule has 0 amide bonds. The highest BCUT2D eigenvalue weighted by Gasteiger charge is 2.53. The molecule has 0 heterocycles. The van der Waals surface area contributed by atoms with E-state index in [4.69, 9.17) is 0 Å². The second-order valence-electron chi connectivity index (χ2n) is 10.9. The van der Waals surface area contributed by atoms with Crippen LogP contribution in [0, 0.1) is 29.1 Å². The van der Waals surface area contributed by atoms with Crippen molar-refractivity contribution in [3.63, 3.8) is 0 Å². The predicted octanol–water partition coefficient (Wildman–Crippen LogP) is 5.56. The molecule has 3 rings (SSSR count). The van der Waals surface area contributed by atoms with E-state index in [1.54, 1.807) is 0 Å². The summed E-state index contributed by atoms with van der Waals surface area (Å²) in [5.74, 6) is 2.52. The molecule has 3 saturated carbocycles. The standard InChI is InChI=1S/C27H44O3/c1-18(2)7-5-8-19(3)24-12-13-25-21(9-6-14-27(24,25)17-28)10-11-22-15-23(29)16-26(30)20(22)4/h10-11,18-19,23-26,28-30H,4-9,12-17H2,1-3H3/b21-10+,22-11+/t19-,23-,24-,25+,26+,27+/m1/s1. The minimum absolute atomic E-state index is 0.0441. The van der Waals surface area contributed by atoms with Gasteiger partial charge in [0.25, 0.3) is 0 Å². The number of aliphatic hydroxyl groups is 3. The minimum Gasteiger partial charge on any atom is -0.396 e. The summed E-state index contributed by atoms with van der Waals surface area (Å²) in [5.41, 5.74) is 3.24. The van der Waals surface area contributed by atoms with Gasteiger partial charge < -0.3 is 15.3 Å². The van der Waals surface area contributed by atoms with Gasteiger partial charge in [0.15, 0.2) is 0 Å². The van der Waals surface area contributed by atoms with Crippen molar-refractivity contribution in [2.75, 3.05) is 6.61 Å². The van der Waals surface area contributed by atoms with Gasteiger partial charge in [0, 0.05) is 18.4 Å². The summed E-state index contributed by atoms with van der Waals surface area (Å²) < 4.78 is 0. The Balaban J connectivity index is 1.76. The fourth-order valence-corrected chi connectivity index (χ4v) is 6.76. The predicted molar refractivity (Wildman–Crippen MR) is 124 cm³/mol. The summed E-state index contributed by atoms with van der Waals surface area (Å²) in [6, 6.07) is 0. The lowest BCUT2D eigenvalue weighted by atomic mass is 9.60. The SMILES string of the molecule is C=C1/C(=C/C=C2\CCC[C@]3(CO)[C@@H]([C@H](C)CCCC(C)C)CC[C@@H]23)C[C@@H](O)C[C@@H]1O. The van der Waals surface area contributed by atoms with E-state index in [1.165, 1.54) is 37.7 Å². The van der Waals surface area contributed by atoms with Crippen LogP contribution in [0.4, 0.5) is 0 Å². The van der Waals surface area contributed by atoms with E-state index in [9.17, 15) is 15.3 Å². The lowest BCUT2D eigenvalue weighted by molar-refractivity contribution is 0.00746. The maximum atomic E-state index is 10.6. The Labute approximate surface area is 184 Å². The molecule has 3 fully saturated rings. The van der Waals surface area contributed by atoms with Crippen LogP contribution in [-0.4, -0.2) is 34.1 Å². The van der Waals surface area contributed by atoms with Crippen molar-refractivity contribution < 1.29 is 15.3 Å². The number of allylic oxidation sites excluding steroid dienone is 3. The molecule has 170 valence electrons. The zero-order chi connectivity index (χ0) is 21.9. The Kier molecular flexibility index (Phi) is 8.03. The largest absolute Gasteiger partial charge is 0.396 e. The van der Waals surface area contributed by atoms with Crippen LogP contribution in [-0.2, 0) is 0 Å². The van der Waals surface area contributed by atoms with E-state index in [1.807, 2.05) is 0 Å². The number of hydrogen-bond acceptors (Lipinski definition) is 3.